The van der Waals surface area contributed by atoms with Crippen molar-refractivity contribution in [3.8, 4) is 0 Å². The van der Waals surface area contributed by atoms with Gasteiger partial charge in [-0.2, -0.15) is 0 Å². The number of nitrogens with zero attached hydrogens (tertiary/aromatic N) is 3. The second-order valence-electron chi connectivity index (χ2n) is 6.14. The van der Waals surface area contributed by atoms with Gasteiger partial charge in [-0.25, -0.2) is 4.98 Å². The van der Waals surface area contributed by atoms with Crippen LogP contribution in [0.1, 0.15) is 36.2 Å². The van der Waals surface area contributed by atoms with Crippen LogP contribution in [-0.2, 0) is 4.79 Å². The number of carbonyl (C=O) groups is 1. The van der Waals surface area contributed by atoms with Crippen LogP contribution in [0.4, 0.5) is 0 Å². The van der Waals surface area contributed by atoms with Crippen LogP contribution in [0, 0.1) is 0 Å². The Morgan fingerprint density at radius 3 is 2.52 bits per heavy atom. The zero-order valence-corrected chi connectivity index (χ0v) is 16.4. The summed E-state index contributed by atoms with van der Waals surface area (Å²) in [5.41, 5.74) is 2.96. The van der Waals surface area contributed by atoms with Crippen molar-refractivity contribution < 1.29 is 4.79 Å². The highest BCUT2D eigenvalue weighted by Gasteiger charge is 2.35. The van der Waals surface area contributed by atoms with E-state index in [4.69, 9.17) is 4.98 Å². The summed E-state index contributed by atoms with van der Waals surface area (Å²) >= 11 is 6.98. The van der Waals surface area contributed by atoms with E-state index in [1.165, 1.54) is 0 Å². The molecule has 1 aromatic carbocycles. The number of benzene rings is 1. The average molecular weight is 461 g/mol. The standard InChI is InChI=1S/C19H15Br2N3O/c20-14-4-1-12(2-5-14)17-7-8-18(24(17)11-25)16-6-3-13-9-22-10-15(21)19(13)23-16/h1-6,9-11,17-18H,7-8H2. The normalized spacial score (nSPS) is 20.2. The summed E-state index contributed by atoms with van der Waals surface area (Å²) in [6.45, 7) is 0. The molecule has 0 spiro atoms. The molecule has 2 aromatic heterocycles. The second kappa shape index (κ2) is 6.84. The van der Waals surface area contributed by atoms with Gasteiger partial charge in [0, 0.05) is 22.3 Å². The Morgan fingerprint density at radius 1 is 1.00 bits per heavy atom. The van der Waals surface area contributed by atoms with E-state index in [0.717, 1.165) is 50.4 Å². The summed E-state index contributed by atoms with van der Waals surface area (Å²) in [6.07, 6.45) is 6.34. The first-order valence-electron chi connectivity index (χ1n) is 8.06. The first-order chi connectivity index (χ1) is 12.2. The molecule has 0 aliphatic carbocycles. The highest BCUT2D eigenvalue weighted by atomic mass is 79.9. The molecule has 2 atom stereocenters. The predicted octanol–water partition coefficient (Wildman–Crippen LogP) is 5.19. The van der Waals surface area contributed by atoms with Crippen molar-refractivity contribution in [2.24, 2.45) is 0 Å². The molecular formula is C19H15Br2N3O. The van der Waals surface area contributed by atoms with Crippen LogP contribution in [-0.4, -0.2) is 21.3 Å². The van der Waals surface area contributed by atoms with Crippen LogP contribution in [0.25, 0.3) is 10.9 Å². The molecule has 0 saturated carbocycles. The zero-order chi connectivity index (χ0) is 17.4. The minimum atomic E-state index is -0.00406. The Balaban J connectivity index is 1.70. The summed E-state index contributed by atoms with van der Waals surface area (Å²) in [6, 6.07) is 12.3. The van der Waals surface area contributed by atoms with Gasteiger partial charge in [-0.3, -0.25) is 9.78 Å². The van der Waals surface area contributed by atoms with Crippen molar-refractivity contribution in [2.75, 3.05) is 0 Å². The van der Waals surface area contributed by atoms with Crippen molar-refractivity contribution in [3.05, 3.63) is 69.0 Å². The molecule has 3 heterocycles. The largest absolute Gasteiger partial charge is 0.330 e. The van der Waals surface area contributed by atoms with Crippen LogP contribution in [0.2, 0.25) is 0 Å². The van der Waals surface area contributed by atoms with Gasteiger partial charge in [0.2, 0.25) is 6.41 Å². The van der Waals surface area contributed by atoms with Crippen LogP contribution >= 0.6 is 31.9 Å². The lowest BCUT2D eigenvalue weighted by Crippen LogP contribution is -2.25. The quantitative estimate of drug-likeness (QED) is 0.505. The molecule has 0 radical (unpaired) electrons. The van der Waals surface area contributed by atoms with E-state index in [9.17, 15) is 4.79 Å². The van der Waals surface area contributed by atoms with Crippen LogP contribution in [0.3, 0.4) is 0 Å². The molecule has 1 aliphatic heterocycles. The van der Waals surface area contributed by atoms with Gasteiger partial charge in [0.15, 0.2) is 0 Å². The van der Waals surface area contributed by atoms with Gasteiger partial charge in [0.1, 0.15) is 0 Å². The number of carbonyl (C=O) groups excluding carboxylic acids is 1. The number of amides is 1. The van der Waals surface area contributed by atoms with E-state index in [-0.39, 0.29) is 12.1 Å². The maximum absolute atomic E-state index is 11.8. The maximum atomic E-state index is 11.8. The topological polar surface area (TPSA) is 46.1 Å². The Kier molecular flexibility index (Phi) is 4.56. The van der Waals surface area contributed by atoms with E-state index >= 15 is 0 Å². The van der Waals surface area contributed by atoms with E-state index in [1.54, 1.807) is 12.4 Å². The summed E-state index contributed by atoms with van der Waals surface area (Å²) in [5, 5.41) is 0.984. The highest BCUT2D eigenvalue weighted by Crippen LogP contribution is 2.42. The molecule has 2 unspecified atom stereocenters. The first-order valence-corrected chi connectivity index (χ1v) is 9.64. The van der Waals surface area contributed by atoms with E-state index in [1.807, 2.05) is 29.2 Å². The lowest BCUT2D eigenvalue weighted by Gasteiger charge is -2.26. The SMILES string of the molecule is O=CN1C(c2ccc(Br)cc2)CCC1c1ccc2cncc(Br)c2n1. The number of rotatable bonds is 3. The smallest absolute Gasteiger partial charge is 0.210 e. The number of pyridine rings is 2. The number of fused-ring (bicyclic) bond motifs is 1. The molecule has 126 valence electrons. The summed E-state index contributed by atoms with van der Waals surface area (Å²) in [5.74, 6) is 0. The number of hydrogen-bond acceptors (Lipinski definition) is 3. The minimum absolute atomic E-state index is 0.00406. The molecule has 3 aromatic rings. The van der Waals surface area contributed by atoms with Gasteiger partial charge in [-0.05, 0) is 58.6 Å². The Hall–Kier alpha value is -1.79. The van der Waals surface area contributed by atoms with Gasteiger partial charge >= 0.3 is 0 Å². The average Bonchev–Trinajstić information content (AvgIpc) is 3.06. The number of likely N-dealkylation sites (tertiary alicyclic amines) is 1. The lowest BCUT2D eigenvalue weighted by molar-refractivity contribution is -0.121. The molecule has 6 heteroatoms. The summed E-state index contributed by atoms with van der Waals surface area (Å²) < 4.78 is 1.91. The Labute approximate surface area is 162 Å². The number of aromatic nitrogens is 2. The van der Waals surface area contributed by atoms with E-state index in [2.05, 4.69) is 49.0 Å². The molecule has 4 nitrogen and oxygen atoms in total. The molecular weight excluding hydrogens is 446 g/mol. The number of halogens is 2. The minimum Gasteiger partial charge on any atom is -0.330 e. The summed E-state index contributed by atoms with van der Waals surface area (Å²) in [7, 11) is 0. The Bertz CT molecular complexity index is 930. The maximum Gasteiger partial charge on any atom is 0.210 e. The van der Waals surface area contributed by atoms with Gasteiger partial charge in [-0.15, -0.1) is 0 Å². The third-order valence-corrected chi connectivity index (χ3v) is 5.84. The molecule has 4 rings (SSSR count). The van der Waals surface area contributed by atoms with Gasteiger partial charge in [0.05, 0.1) is 27.8 Å². The highest BCUT2D eigenvalue weighted by molar-refractivity contribution is 9.11. The molecule has 1 saturated heterocycles. The number of hydrogen-bond donors (Lipinski definition) is 0. The molecule has 1 aliphatic rings. The third-order valence-electron chi connectivity index (χ3n) is 4.73. The first kappa shape index (κ1) is 16.7. The monoisotopic (exact) mass is 459 g/mol. The Morgan fingerprint density at radius 2 is 1.76 bits per heavy atom. The van der Waals surface area contributed by atoms with E-state index < -0.39 is 0 Å². The van der Waals surface area contributed by atoms with E-state index in [0.29, 0.717) is 0 Å². The molecule has 1 amide bonds. The van der Waals surface area contributed by atoms with Crippen molar-refractivity contribution in [3.63, 3.8) is 0 Å². The van der Waals surface area contributed by atoms with Gasteiger partial charge < -0.3 is 4.90 Å². The predicted molar refractivity (Wildman–Crippen MR) is 104 cm³/mol. The fourth-order valence-corrected chi connectivity index (χ4v) is 4.21. The van der Waals surface area contributed by atoms with Crippen molar-refractivity contribution >= 4 is 49.2 Å². The lowest BCUT2D eigenvalue weighted by atomic mass is 10.0. The molecule has 0 N–H and O–H groups in total. The van der Waals surface area contributed by atoms with Crippen LogP contribution < -0.4 is 0 Å². The molecule has 25 heavy (non-hydrogen) atoms. The van der Waals surface area contributed by atoms with Gasteiger partial charge in [0.25, 0.3) is 0 Å². The van der Waals surface area contributed by atoms with Crippen molar-refractivity contribution in [2.45, 2.75) is 24.9 Å². The fourth-order valence-electron chi connectivity index (χ4n) is 3.51. The van der Waals surface area contributed by atoms with Crippen LogP contribution in [0.5, 0.6) is 0 Å². The summed E-state index contributed by atoms with van der Waals surface area (Å²) in [4.78, 5) is 22.7. The molecule has 1 fully saturated rings. The van der Waals surface area contributed by atoms with Crippen molar-refractivity contribution in [1.82, 2.24) is 14.9 Å². The fraction of sp³-hybridized carbons (Fsp3) is 0.211. The molecule has 0 bridgehead atoms. The van der Waals surface area contributed by atoms with Gasteiger partial charge in [-0.1, -0.05) is 28.1 Å². The van der Waals surface area contributed by atoms with Crippen LogP contribution in [0.15, 0.2) is 57.7 Å². The third kappa shape index (κ3) is 3.09. The second-order valence-corrected chi connectivity index (χ2v) is 7.91. The zero-order valence-electron chi connectivity index (χ0n) is 13.3. The van der Waals surface area contributed by atoms with Crippen molar-refractivity contribution in [1.29, 1.82) is 0 Å².